The number of aliphatic hydroxyl groups excluding tert-OH is 1. The van der Waals surface area contributed by atoms with Gasteiger partial charge in [-0.05, 0) is 38.5 Å². The molecular weight excluding hydrogens is 332 g/mol. The highest BCUT2D eigenvalue weighted by Crippen LogP contribution is 2.26. The highest BCUT2D eigenvalue weighted by atomic mass is 16.5. The van der Waals surface area contributed by atoms with E-state index in [2.05, 4.69) is 17.2 Å². The molecule has 6 nitrogen and oxygen atoms in total. The molecule has 26 heavy (non-hydrogen) atoms. The fourth-order valence-electron chi connectivity index (χ4n) is 2.29. The normalized spacial score (nSPS) is 13.0. The quantitative estimate of drug-likeness (QED) is 0.357. The number of hydrogen-bond donors (Lipinski definition) is 2. The van der Waals surface area contributed by atoms with Gasteiger partial charge < -0.3 is 19.9 Å². The zero-order chi connectivity index (χ0) is 19.5. The van der Waals surface area contributed by atoms with Gasteiger partial charge >= 0.3 is 0 Å². The van der Waals surface area contributed by atoms with E-state index in [1.54, 1.807) is 18.2 Å². The van der Waals surface area contributed by atoms with E-state index in [1.165, 1.54) is 6.92 Å². The Labute approximate surface area is 156 Å². The Hall–Kier alpha value is -1.92. The van der Waals surface area contributed by atoms with Crippen LogP contribution in [0.25, 0.3) is 0 Å². The number of ether oxygens (including phenoxy) is 2. The van der Waals surface area contributed by atoms with E-state index in [1.807, 2.05) is 20.8 Å². The molecule has 1 unspecified atom stereocenters. The predicted octanol–water partition coefficient (Wildman–Crippen LogP) is 3.49. The van der Waals surface area contributed by atoms with E-state index in [9.17, 15) is 9.90 Å². The number of nitrogens with one attached hydrogen (secondary N) is 1. The second kappa shape index (κ2) is 11.6. The molecule has 0 heterocycles. The minimum atomic E-state index is -0.649. The highest BCUT2D eigenvalue weighted by molar-refractivity contribution is 5.98. The minimum absolute atomic E-state index is 0.111. The van der Waals surface area contributed by atoms with Crippen molar-refractivity contribution in [2.75, 3.05) is 19.8 Å². The second-order valence-corrected chi connectivity index (χ2v) is 6.45. The summed E-state index contributed by atoms with van der Waals surface area (Å²) in [6.45, 7) is 10.6. The molecule has 0 aliphatic carbocycles. The molecule has 146 valence electrons. The average molecular weight is 364 g/mol. The predicted molar refractivity (Wildman–Crippen MR) is 105 cm³/mol. The lowest BCUT2D eigenvalue weighted by atomic mass is 10.1. The van der Waals surface area contributed by atoms with E-state index in [4.69, 9.17) is 9.47 Å². The number of aliphatic hydroxyl groups is 1. The fraction of sp³-hybridized carbons (Fsp3) is 0.600. The number of nitrogens with zero attached hydrogens (tertiary/aromatic N) is 1. The van der Waals surface area contributed by atoms with Gasteiger partial charge in [0.2, 0.25) is 0 Å². The molecule has 0 fully saturated rings. The third kappa shape index (κ3) is 7.97. The summed E-state index contributed by atoms with van der Waals surface area (Å²) in [6.07, 6.45) is 1.03. The van der Waals surface area contributed by atoms with Crippen LogP contribution in [-0.4, -0.2) is 48.7 Å². The second-order valence-electron chi connectivity index (χ2n) is 6.45. The van der Waals surface area contributed by atoms with E-state index >= 15 is 0 Å². The number of ketones is 1. The number of aliphatic imine (C=N–C) groups is 1. The summed E-state index contributed by atoms with van der Waals surface area (Å²) in [7, 11) is 0. The average Bonchev–Trinajstić information content (AvgIpc) is 2.59. The molecule has 0 aromatic heterocycles. The van der Waals surface area contributed by atoms with E-state index in [-0.39, 0.29) is 18.4 Å². The SMILES string of the molecule is CCCC(=Nc1ccc(OCC(O)CNC(C)C)c(C(C)=O)c1)OCC. The van der Waals surface area contributed by atoms with Crippen LogP contribution in [0.4, 0.5) is 5.69 Å². The highest BCUT2D eigenvalue weighted by Gasteiger charge is 2.13. The van der Waals surface area contributed by atoms with Gasteiger partial charge in [-0.15, -0.1) is 0 Å². The van der Waals surface area contributed by atoms with Crippen LogP contribution < -0.4 is 10.1 Å². The van der Waals surface area contributed by atoms with Gasteiger partial charge in [0.1, 0.15) is 18.5 Å². The molecule has 0 aliphatic rings. The van der Waals surface area contributed by atoms with Crippen molar-refractivity contribution < 1.29 is 19.4 Å². The van der Waals surface area contributed by atoms with Gasteiger partial charge in [0.25, 0.3) is 0 Å². The third-order valence-electron chi connectivity index (χ3n) is 3.56. The molecule has 1 rings (SSSR count). The molecule has 0 spiro atoms. The molecule has 6 heteroatoms. The van der Waals surface area contributed by atoms with Crippen LogP contribution in [0.5, 0.6) is 5.75 Å². The summed E-state index contributed by atoms with van der Waals surface area (Å²) < 4.78 is 11.2. The molecule has 2 N–H and O–H groups in total. The maximum atomic E-state index is 12.0. The Kier molecular flexibility index (Phi) is 9.91. The number of rotatable bonds is 11. The molecule has 1 aromatic rings. The summed E-state index contributed by atoms with van der Waals surface area (Å²) in [4.78, 5) is 16.5. The van der Waals surface area contributed by atoms with Crippen LogP contribution in [-0.2, 0) is 4.74 Å². The number of benzene rings is 1. The topological polar surface area (TPSA) is 80.2 Å². The van der Waals surface area contributed by atoms with Gasteiger partial charge in [-0.25, -0.2) is 4.99 Å². The van der Waals surface area contributed by atoms with Crippen molar-refractivity contribution in [1.82, 2.24) is 5.32 Å². The summed E-state index contributed by atoms with van der Waals surface area (Å²) >= 11 is 0. The van der Waals surface area contributed by atoms with Gasteiger partial charge in [0.05, 0.1) is 17.9 Å². The van der Waals surface area contributed by atoms with Crippen molar-refractivity contribution in [2.45, 2.75) is 59.6 Å². The minimum Gasteiger partial charge on any atom is -0.490 e. The molecule has 0 aliphatic heterocycles. The first-order valence-corrected chi connectivity index (χ1v) is 9.26. The molecule has 0 saturated heterocycles. The van der Waals surface area contributed by atoms with Gasteiger partial charge in [0.15, 0.2) is 11.7 Å². The number of Topliss-reactive ketones (excluding diaryl/α,β-unsaturated/α-hetero) is 1. The lowest BCUT2D eigenvalue weighted by Gasteiger charge is -2.16. The first kappa shape index (κ1) is 22.1. The Morgan fingerprint density at radius 3 is 2.62 bits per heavy atom. The zero-order valence-corrected chi connectivity index (χ0v) is 16.5. The van der Waals surface area contributed by atoms with Crippen LogP contribution in [0.15, 0.2) is 23.2 Å². The lowest BCUT2D eigenvalue weighted by molar-refractivity contribution is 0.0968. The van der Waals surface area contributed by atoms with Gasteiger partial charge in [0, 0.05) is 19.0 Å². The summed E-state index contributed by atoms with van der Waals surface area (Å²) in [5, 5.41) is 13.1. The van der Waals surface area contributed by atoms with Crippen molar-refractivity contribution in [1.29, 1.82) is 0 Å². The Morgan fingerprint density at radius 1 is 1.31 bits per heavy atom. The van der Waals surface area contributed by atoms with E-state index in [0.717, 1.165) is 12.8 Å². The molecule has 1 aromatic carbocycles. The number of carbonyl (C=O) groups is 1. The first-order chi connectivity index (χ1) is 12.4. The van der Waals surface area contributed by atoms with Gasteiger partial charge in [-0.1, -0.05) is 20.8 Å². The molecular formula is C20H32N2O4. The monoisotopic (exact) mass is 364 g/mol. The van der Waals surface area contributed by atoms with Crippen LogP contribution in [0.3, 0.4) is 0 Å². The molecule has 0 radical (unpaired) electrons. The summed E-state index contributed by atoms with van der Waals surface area (Å²) in [5.41, 5.74) is 1.10. The third-order valence-corrected chi connectivity index (χ3v) is 3.56. The first-order valence-electron chi connectivity index (χ1n) is 9.26. The van der Waals surface area contributed by atoms with Gasteiger partial charge in [-0.2, -0.15) is 0 Å². The summed E-state index contributed by atoms with van der Waals surface area (Å²) in [6, 6.07) is 5.49. The van der Waals surface area contributed by atoms with E-state index < -0.39 is 6.10 Å². The van der Waals surface area contributed by atoms with Crippen molar-refractivity contribution in [2.24, 2.45) is 4.99 Å². The Morgan fingerprint density at radius 2 is 2.04 bits per heavy atom. The largest absolute Gasteiger partial charge is 0.490 e. The molecule has 1 atom stereocenters. The van der Waals surface area contributed by atoms with Crippen LogP contribution in [0.1, 0.15) is 57.8 Å². The zero-order valence-electron chi connectivity index (χ0n) is 16.5. The number of hydrogen-bond acceptors (Lipinski definition) is 6. The molecule has 0 amide bonds. The van der Waals surface area contributed by atoms with Crippen molar-refractivity contribution in [3.05, 3.63) is 23.8 Å². The van der Waals surface area contributed by atoms with Crippen LogP contribution in [0.2, 0.25) is 0 Å². The Bertz CT molecular complexity index is 591. The van der Waals surface area contributed by atoms with Crippen molar-refractivity contribution >= 4 is 17.4 Å². The fourth-order valence-corrected chi connectivity index (χ4v) is 2.29. The van der Waals surface area contributed by atoms with Crippen LogP contribution in [0, 0.1) is 0 Å². The van der Waals surface area contributed by atoms with Crippen molar-refractivity contribution in [3.63, 3.8) is 0 Å². The molecule has 0 saturated carbocycles. The van der Waals surface area contributed by atoms with E-state index in [0.29, 0.717) is 36.0 Å². The molecule has 0 bridgehead atoms. The number of carbonyl (C=O) groups excluding carboxylic acids is 1. The maximum Gasteiger partial charge on any atom is 0.188 e. The Balaban J connectivity index is 2.88. The van der Waals surface area contributed by atoms with Gasteiger partial charge in [-0.3, -0.25) is 4.79 Å². The van der Waals surface area contributed by atoms with Crippen LogP contribution >= 0.6 is 0 Å². The smallest absolute Gasteiger partial charge is 0.188 e. The standard InChI is InChI=1S/C20H32N2O4/c1-6-8-20(25-7-2)22-16-9-10-19(18(11-16)15(5)23)26-13-17(24)12-21-14(3)4/h9-11,14,17,21,24H,6-8,12-13H2,1-5H3. The maximum absolute atomic E-state index is 12.0. The summed E-state index contributed by atoms with van der Waals surface area (Å²) in [5.74, 6) is 1.00. The lowest BCUT2D eigenvalue weighted by Crippen LogP contribution is -2.35. The van der Waals surface area contributed by atoms with Crippen molar-refractivity contribution in [3.8, 4) is 5.75 Å².